The highest BCUT2D eigenvalue weighted by atomic mass is 16.5. The molecule has 1 atom stereocenters. The van der Waals surface area contributed by atoms with Crippen molar-refractivity contribution < 1.29 is 28.6 Å². The lowest BCUT2D eigenvalue weighted by Crippen LogP contribution is -2.41. The number of methoxy groups -OCH3 is 2. The Hall–Kier alpha value is -2.77. The Balaban J connectivity index is 2.00. The quantitative estimate of drug-likeness (QED) is 0.710. The third kappa shape index (κ3) is 5.10. The van der Waals surface area contributed by atoms with Gasteiger partial charge in [-0.15, -0.1) is 0 Å². The van der Waals surface area contributed by atoms with E-state index in [9.17, 15) is 14.4 Å². The number of rotatable bonds is 7. The van der Waals surface area contributed by atoms with E-state index in [1.807, 2.05) is 0 Å². The molecule has 1 aromatic carbocycles. The number of nitrogens with one attached hydrogen (secondary N) is 2. The van der Waals surface area contributed by atoms with Gasteiger partial charge in [-0.2, -0.15) is 0 Å². The lowest BCUT2D eigenvalue weighted by Gasteiger charge is -2.20. The molecule has 136 valence electrons. The second kappa shape index (κ2) is 8.91. The summed E-state index contributed by atoms with van der Waals surface area (Å²) in [5, 5.41) is 5.81. The van der Waals surface area contributed by atoms with Crippen LogP contribution in [0.3, 0.4) is 0 Å². The highest BCUT2D eigenvalue weighted by Gasteiger charge is 2.23. The summed E-state index contributed by atoms with van der Waals surface area (Å²) in [4.78, 5) is 35.5. The summed E-state index contributed by atoms with van der Waals surface area (Å²) in [7, 11) is 2.55. The smallest absolute Gasteiger partial charge is 0.328 e. The molecule has 2 N–H and O–H groups in total. The van der Waals surface area contributed by atoms with Crippen LogP contribution in [0.5, 0.6) is 5.75 Å². The predicted molar refractivity (Wildman–Crippen MR) is 89.6 cm³/mol. The molecule has 1 heterocycles. The van der Waals surface area contributed by atoms with Gasteiger partial charge in [0.05, 0.1) is 19.9 Å². The molecule has 1 aliphatic rings. The summed E-state index contributed by atoms with van der Waals surface area (Å²) in [5.41, 5.74) is 1.20. The fraction of sp³-hybridized carbons (Fsp3) is 0.471. The van der Waals surface area contributed by atoms with Crippen LogP contribution in [0.15, 0.2) is 18.2 Å². The first kappa shape index (κ1) is 18.6. The van der Waals surface area contributed by atoms with E-state index in [0.717, 1.165) is 5.69 Å². The second-order valence-corrected chi connectivity index (χ2v) is 5.50. The van der Waals surface area contributed by atoms with Crippen LogP contribution in [0.1, 0.15) is 29.6 Å². The molecular weight excluding hydrogens is 328 g/mol. The van der Waals surface area contributed by atoms with E-state index >= 15 is 0 Å². The maximum atomic E-state index is 12.4. The van der Waals surface area contributed by atoms with Crippen LogP contribution in [0.2, 0.25) is 0 Å². The van der Waals surface area contributed by atoms with Crippen LogP contribution in [-0.2, 0) is 19.1 Å². The second-order valence-electron chi connectivity index (χ2n) is 5.50. The molecule has 8 nitrogen and oxygen atoms in total. The molecule has 0 bridgehead atoms. The topological polar surface area (TPSA) is 103 Å². The Kier molecular flexibility index (Phi) is 6.62. The van der Waals surface area contributed by atoms with Crippen LogP contribution in [-0.4, -0.2) is 51.3 Å². The number of fused-ring (bicyclic) bond motifs is 1. The lowest BCUT2D eigenvalue weighted by atomic mass is 10.1. The largest absolute Gasteiger partial charge is 0.490 e. The van der Waals surface area contributed by atoms with Crippen molar-refractivity contribution in [1.82, 2.24) is 5.32 Å². The molecule has 1 aromatic rings. The van der Waals surface area contributed by atoms with Crippen molar-refractivity contribution in [3.63, 3.8) is 0 Å². The van der Waals surface area contributed by atoms with Gasteiger partial charge in [0.25, 0.3) is 5.91 Å². The van der Waals surface area contributed by atoms with Crippen LogP contribution >= 0.6 is 0 Å². The Bertz CT molecular complexity index is 646. The van der Waals surface area contributed by atoms with E-state index in [-0.39, 0.29) is 18.8 Å². The molecule has 0 aliphatic carbocycles. The van der Waals surface area contributed by atoms with Crippen LogP contribution < -0.4 is 15.4 Å². The summed E-state index contributed by atoms with van der Waals surface area (Å²) in [6.45, 7) is 1.24. The summed E-state index contributed by atoms with van der Waals surface area (Å²) in [6.07, 6.45) is 0.832. The molecule has 0 saturated carbocycles. The highest BCUT2D eigenvalue weighted by Crippen LogP contribution is 2.28. The fourth-order valence-electron chi connectivity index (χ4n) is 2.46. The number of ether oxygens (including phenoxy) is 3. The van der Waals surface area contributed by atoms with E-state index in [0.29, 0.717) is 30.9 Å². The number of carbonyl (C=O) groups is 3. The van der Waals surface area contributed by atoms with Gasteiger partial charge >= 0.3 is 11.9 Å². The van der Waals surface area contributed by atoms with Gasteiger partial charge in [0.15, 0.2) is 0 Å². The number of amides is 1. The number of hydrogen-bond acceptors (Lipinski definition) is 7. The molecule has 1 aliphatic heterocycles. The molecule has 0 aromatic heterocycles. The summed E-state index contributed by atoms with van der Waals surface area (Å²) in [5.74, 6) is -0.743. The van der Waals surface area contributed by atoms with Crippen molar-refractivity contribution in [3.8, 4) is 5.75 Å². The Morgan fingerprint density at radius 2 is 2.08 bits per heavy atom. The van der Waals surface area contributed by atoms with Crippen molar-refractivity contribution in [2.24, 2.45) is 0 Å². The van der Waals surface area contributed by atoms with E-state index in [1.165, 1.54) is 14.2 Å². The summed E-state index contributed by atoms with van der Waals surface area (Å²) >= 11 is 0. The minimum Gasteiger partial charge on any atom is -0.490 e. The third-order valence-corrected chi connectivity index (χ3v) is 3.81. The first-order valence-electron chi connectivity index (χ1n) is 8.01. The van der Waals surface area contributed by atoms with E-state index in [4.69, 9.17) is 9.47 Å². The normalized spacial score (nSPS) is 13.5. The molecular formula is C17H22N2O6. The third-order valence-electron chi connectivity index (χ3n) is 3.81. The molecule has 8 heteroatoms. The highest BCUT2D eigenvalue weighted by molar-refractivity contribution is 5.97. The first-order chi connectivity index (χ1) is 12.0. The average molecular weight is 350 g/mol. The van der Waals surface area contributed by atoms with Gasteiger partial charge in [0.2, 0.25) is 0 Å². The minimum atomic E-state index is -0.836. The number of hydrogen-bond donors (Lipinski definition) is 2. The molecule has 0 radical (unpaired) electrons. The average Bonchev–Trinajstić information content (AvgIpc) is 2.65. The van der Waals surface area contributed by atoms with E-state index in [2.05, 4.69) is 15.4 Å². The van der Waals surface area contributed by atoms with Crippen molar-refractivity contribution >= 4 is 23.5 Å². The Morgan fingerprint density at radius 3 is 2.80 bits per heavy atom. The van der Waals surface area contributed by atoms with Crippen LogP contribution in [0.4, 0.5) is 5.69 Å². The first-order valence-corrected chi connectivity index (χ1v) is 8.01. The molecule has 0 fully saturated rings. The van der Waals surface area contributed by atoms with Crippen LogP contribution in [0.25, 0.3) is 0 Å². The van der Waals surface area contributed by atoms with Gasteiger partial charge in [-0.25, -0.2) is 4.79 Å². The molecule has 0 spiro atoms. The van der Waals surface area contributed by atoms with E-state index in [1.54, 1.807) is 18.2 Å². The van der Waals surface area contributed by atoms with Gasteiger partial charge < -0.3 is 24.8 Å². The number of carbonyl (C=O) groups excluding carboxylic acids is 3. The summed E-state index contributed by atoms with van der Waals surface area (Å²) in [6, 6.07) is 4.20. The Labute approximate surface area is 145 Å². The number of esters is 2. The molecule has 0 unspecified atom stereocenters. The number of benzene rings is 1. The Morgan fingerprint density at radius 1 is 1.28 bits per heavy atom. The van der Waals surface area contributed by atoms with Gasteiger partial charge in [0.1, 0.15) is 18.4 Å². The van der Waals surface area contributed by atoms with Gasteiger partial charge in [-0.3, -0.25) is 9.59 Å². The zero-order valence-electron chi connectivity index (χ0n) is 14.3. The lowest BCUT2D eigenvalue weighted by molar-refractivity contribution is -0.144. The predicted octanol–water partition coefficient (Wildman–Crippen LogP) is 1.11. The SMILES string of the molecule is COC(=O)CCC[C@H](NC(=O)c1ccc2c(c1)OCCN2)C(=O)OC. The maximum absolute atomic E-state index is 12.4. The minimum absolute atomic E-state index is 0.165. The molecule has 2 rings (SSSR count). The van der Waals surface area contributed by atoms with Gasteiger partial charge in [-0.1, -0.05) is 0 Å². The van der Waals surface area contributed by atoms with Gasteiger partial charge in [0, 0.05) is 18.5 Å². The van der Waals surface area contributed by atoms with Crippen molar-refractivity contribution in [3.05, 3.63) is 23.8 Å². The molecule has 1 amide bonds. The zero-order chi connectivity index (χ0) is 18.2. The van der Waals surface area contributed by atoms with Crippen molar-refractivity contribution in [2.45, 2.75) is 25.3 Å². The summed E-state index contributed by atoms with van der Waals surface area (Å²) < 4.78 is 14.8. The van der Waals surface area contributed by atoms with Gasteiger partial charge in [-0.05, 0) is 31.0 Å². The standard InChI is InChI=1S/C17H22N2O6/c1-23-15(20)5-3-4-13(17(22)24-2)19-16(21)11-6-7-12-14(10-11)25-9-8-18-12/h6-7,10,13,18H,3-5,8-9H2,1-2H3,(H,19,21)/t13-/m0/s1. The van der Waals surface area contributed by atoms with Crippen molar-refractivity contribution in [1.29, 1.82) is 0 Å². The van der Waals surface area contributed by atoms with Crippen LogP contribution in [0, 0.1) is 0 Å². The monoisotopic (exact) mass is 350 g/mol. The molecule has 25 heavy (non-hydrogen) atoms. The fourth-order valence-corrected chi connectivity index (χ4v) is 2.46. The van der Waals surface area contributed by atoms with E-state index < -0.39 is 17.9 Å². The number of anilines is 1. The maximum Gasteiger partial charge on any atom is 0.328 e. The van der Waals surface area contributed by atoms with Crippen molar-refractivity contribution in [2.75, 3.05) is 32.7 Å². The zero-order valence-corrected chi connectivity index (χ0v) is 14.3. The molecule has 0 saturated heterocycles.